The van der Waals surface area contributed by atoms with E-state index in [1.165, 1.54) is 12.1 Å². The molecular formula is C21H26FN3O. The summed E-state index contributed by atoms with van der Waals surface area (Å²) in [5.74, 6) is 0.248. The second-order valence-corrected chi connectivity index (χ2v) is 7.27. The van der Waals surface area contributed by atoms with Gasteiger partial charge < -0.3 is 4.90 Å². The normalized spacial score (nSPS) is 19.0. The number of aromatic nitrogens is 1. The van der Waals surface area contributed by atoms with Crippen molar-refractivity contribution in [1.82, 2.24) is 14.8 Å². The van der Waals surface area contributed by atoms with Gasteiger partial charge in [-0.05, 0) is 35.7 Å². The van der Waals surface area contributed by atoms with Crippen molar-refractivity contribution in [3.63, 3.8) is 0 Å². The zero-order valence-electron chi connectivity index (χ0n) is 15.4. The van der Waals surface area contributed by atoms with Gasteiger partial charge >= 0.3 is 0 Å². The third-order valence-corrected chi connectivity index (χ3v) is 4.96. The molecule has 2 aromatic rings. The van der Waals surface area contributed by atoms with Crippen LogP contribution in [-0.4, -0.2) is 39.8 Å². The number of pyridine rings is 1. The molecule has 0 spiro atoms. The van der Waals surface area contributed by atoms with Gasteiger partial charge in [0.05, 0.1) is 5.69 Å². The number of carbonyl (C=O) groups is 1. The molecule has 1 aromatic heterocycles. The Labute approximate surface area is 154 Å². The van der Waals surface area contributed by atoms with Crippen LogP contribution >= 0.6 is 0 Å². The van der Waals surface area contributed by atoms with E-state index in [0.29, 0.717) is 18.9 Å². The summed E-state index contributed by atoms with van der Waals surface area (Å²) in [6, 6.07) is 12.5. The van der Waals surface area contributed by atoms with Gasteiger partial charge in [-0.15, -0.1) is 0 Å². The van der Waals surface area contributed by atoms with E-state index >= 15 is 0 Å². The molecule has 4 nitrogen and oxygen atoms in total. The van der Waals surface area contributed by atoms with Crippen LogP contribution in [0.15, 0.2) is 48.7 Å². The molecule has 26 heavy (non-hydrogen) atoms. The quantitative estimate of drug-likeness (QED) is 0.824. The van der Waals surface area contributed by atoms with Crippen molar-refractivity contribution < 1.29 is 9.18 Å². The largest absolute Gasteiger partial charge is 0.334 e. The number of benzene rings is 1. The molecule has 0 unspecified atom stereocenters. The highest BCUT2D eigenvalue weighted by Gasteiger charge is 2.31. The fourth-order valence-electron chi connectivity index (χ4n) is 3.46. The van der Waals surface area contributed by atoms with Gasteiger partial charge in [-0.1, -0.05) is 32.0 Å². The molecule has 138 valence electrons. The smallest absolute Gasteiger partial charge is 0.224 e. The van der Waals surface area contributed by atoms with Crippen LogP contribution < -0.4 is 0 Å². The summed E-state index contributed by atoms with van der Waals surface area (Å²) in [6.45, 7) is 7.14. The second kappa shape index (κ2) is 8.41. The summed E-state index contributed by atoms with van der Waals surface area (Å²) in [4.78, 5) is 21.5. The Hall–Kier alpha value is -2.27. The SMILES string of the molecule is CC(C)[C@H]1CN(Cc2ccccn2)CCC(=O)N1Cc1ccc(F)cc1. The molecule has 0 aliphatic carbocycles. The predicted molar refractivity (Wildman–Crippen MR) is 99.7 cm³/mol. The number of nitrogens with zero attached hydrogens (tertiary/aromatic N) is 3. The van der Waals surface area contributed by atoms with E-state index in [4.69, 9.17) is 0 Å². The Morgan fingerprint density at radius 2 is 1.92 bits per heavy atom. The first kappa shape index (κ1) is 18.5. The van der Waals surface area contributed by atoms with Crippen LogP contribution in [0.1, 0.15) is 31.5 Å². The molecular weight excluding hydrogens is 329 g/mol. The topological polar surface area (TPSA) is 36.4 Å². The standard InChI is InChI=1S/C21H26FN3O/c1-16(2)20-15-24(14-19-5-3-4-11-23-19)12-10-21(26)25(20)13-17-6-8-18(22)9-7-17/h3-9,11,16,20H,10,12-15H2,1-2H3/t20-/m1/s1. The van der Waals surface area contributed by atoms with E-state index in [0.717, 1.165) is 30.9 Å². The van der Waals surface area contributed by atoms with Crippen LogP contribution in [0.25, 0.3) is 0 Å². The Morgan fingerprint density at radius 1 is 1.15 bits per heavy atom. The van der Waals surface area contributed by atoms with Crippen molar-refractivity contribution >= 4 is 5.91 Å². The van der Waals surface area contributed by atoms with Crippen LogP contribution in [0.3, 0.4) is 0 Å². The van der Waals surface area contributed by atoms with E-state index in [2.05, 4.69) is 23.7 Å². The van der Waals surface area contributed by atoms with Crippen LogP contribution in [0.2, 0.25) is 0 Å². The lowest BCUT2D eigenvalue weighted by atomic mass is 10.0. The Morgan fingerprint density at radius 3 is 2.58 bits per heavy atom. The van der Waals surface area contributed by atoms with E-state index in [1.807, 2.05) is 23.1 Å². The number of carbonyl (C=O) groups excluding carboxylic acids is 1. The molecule has 0 saturated carbocycles. The van der Waals surface area contributed by atoms with Crippen LogP contribution in [0.5, 0.6) is 0 Å². The van der Waals surface area contributed by atoms with Crippen LogP contribution in [-0.2, 0) is 17.9 Å². The Kier molecular flexibility index (Phi) is 5.99. The maximum absolute atomic E-state index is 13.2. The average Bonchev–Trinajstić information content (AvgIpc) is 2.78. The summed E-state index contributed by atoms with van der Waals surface area (Å²) in [5, 5.41) is 0. The van der Waals surface area contributed by atoms with E-state index in [1.54, 1.807) is 18.3 Å². The maximum atomic E-state index is 13.2. The van der Waals surface area contributed by atoms with Gasteiger partial charge in [-0.3, -0.25) is 14.7 Å². The number of hydrogen-bond acceptors (Lipinski definition) is 3. The maximum Gasteiger partial charge on any atom is 0.224 e. The van der Waals surface area contributed by atoms with Gasteiger partial charge in [-0.2, -0.15) is 0 Å². The minimum Gasteiger partial charge on any atom is -0.334 e. The highest BCUT2D eigenvalue weighted by atomic mass is 19.1. The predicted octanol–water partition coefficient (Wildman–Crippen LogP) is 3.48. The van der Waals surface area contributed by atoms with Gasteiger partial charge in [0.25, 0.3) is 0 Å². The lowest BCUT2D eigenvalue weighted by molar-refractivity contribution is -0.134. The number of rotatable bonds is 5. The molecule has 0 radical (unpaired) electrons. The molecule has 1 aromatic carbocycles. The van der Waals surface area contributed by atoms with E-state index < -0.39 is 0 Å². The molecule has 0 N–H and O–H groups in total. The molecule has 1 amide bonds. The minimum absolute atomic E-state index is 0.124. The van der Waals surface area contributed by atoms with Crippen molar-refractivity contribution in [2.45, 2.75) is 39.4 Å². The number of amides is 1. The summed E-state index contributed by atoms with van der Waals surface area (Å²) in [6.07, 6.45) is 2.30. The van der Waals surface area contributed by atoms with E-state index in [9.17, 15) is 9.18 Å². The Bertz CT molecular complexity index is 718. The third kappa shape index (κ3) is 4.67. The second-order valence-electron chi connectivity index (χ2n) is 7.27. The number of halogens is 1. The van der Waals surface area contributed by atoms with Gasteiger partial charge in [0.1, 0.15) is 5.82 Å². The van der Waals surface area contributed by atoms with Crippen molar-refractivity contribution in [2.24, 2.45) is 5.92 Å². The summed E-state index contributed by atoms with van der Waals surface area (Å²) in [5.41, 5.74) is 1.98. The first-order chi connectivity index (χ1) is 12.5. The first-order valence-electron chi connectivity index (χ1n) is 9.19. The molecule has 5 heteroatoms. The number of hydrogen-bond donors (Lipinski definition) is 0. The zero-order chi connectivity index (χ0) is 18.5. The van der Waals surface area contributed by atoms with Crippen molar-refractivity contribution in [3.05, 3.63) is 65.7 Å². The molecule has 1 aliphatic rings. The molecule has 0 bridgehead atoms. The fraction of sp³-hybridized carbons (Fsp3) is 0.429. The monoisotopic (exact) mass is 355 g/mol. The third-order valence-electron chi connectivity index (χ3n) is 4.96. The van der Waals surface area contributed by atoms with Crippen molar-refractivity contribution in [3.8, 4) is 0 Å². The zero-order valence-corrected chi connectivity index (χ0v) is 15.4. The lowest BCUT2D eigenvalue weighted by Gasteiger charge is -2.34. The van der Waals surface area contributed by atoms with Gasteiger partial charge in [0.15, 0.2) is 0 Å². The van der Waals surface area contributed by atoms with E-state index in [-0.39, 0.29) is 17.8 Å². The van der Waals surface area contributed by atoms with Crippen molar-refractivity contribution in [2.75, 3.05) is 13.1 Å². The van der Waals surface area contributed by atoms with Crippen molar-refractivity contribution in [1.29, 1.82) is 0 Å². The Balaban J connectivity index is 1.76. The molecule has 1 saturated heterocycles. The molecule has 1 aliphatic heterocycles. The highest BCUT2D eigenvalue weighted by molar-refractivity contribution is 5.77. The lowest BCUT2D eigenvalue weighted by Crippen LogP contribution is -2.45. The molecule has 3 rings (SSSR count). The first-order valence-corrected chi connectivity index (χ1v) is 9.19. The fourth-order valence-corrected chi connectivity index (χ4v) is 3.46. The van der Waals surface area contributed by atoms with Crippen LogP contribution in [0, 0.1) is 11.7 Å². The summed E-state index contributed by atoms with van der Waals surface area (Å²) >= 11 is 0. The van der Waals surface area contributed by atoms with Gasteiger partial charge in [-0.25, -0.2) is 4.39 Å². The van der Waals surface area contributed by atoms with Gasteiger partial charge in [0.2, 0.25) is 5.91 Å². The van der Waals surface area contributed by atoms with Crippen LogP contribution in [0.4, 0.5) is 4.39 Å². The molecule has 2 heterocycles. The minimum atomic E-state index is -0.252. The highest BCUT2D eigenvalue weighted by Crippen LogP contribution is 2.22. The summed E-state index contributed by atoms with van der Waals surface area (Å²) < 4.78 is 13.2. The van der Waals surface area contributed by atoms with Gasteiger partial charge in [0, 0.05) is 44.8 Å². The molecule has 1 atom stereocenters. The summed E-state index contributed by atoms with van der Waals surface area (Å²) in [7, 11) is 0. The average molecular weight is 355 g/mol. The molecule has 1 fully saturated rings.